The maximum absolute atomic E-state index is 5.40. The van der Waals surface area contributed by atoms with Crippen LogP contribution >= 0.6 is 0 Å². The van der Waals surface area contributed by atoms with Gasteiger partial charge >= 0.3 is 0 Å². The van der Waals surface area contributed by atoms with Gasteiger partial charge in [-0.1, -0.05) is 13.8 Å². The van der Waals surface area contributed by atoms with E-state index in [0.717, 1.165) is 43.0 Å². The van der Waals surface area contributed by atoms with Gasteiger partial charge in [0.15, 0.2) is 11.6 Å². The van der Waals surface area contributed by atoms with Crippen LogP contribution in [0.3, 0.4) is 0 Å². The maximum Gasteiger partial charge on any atom is 0.196 e. The van der Waals surface area contributed by atoms with Gasteiger partial charge in [-0.05, 0) is 50.6 Å². The van der Waals surface area contributed by atoms with Crippen molar-refractivity contribution in [1.29, 1.82) is 0 Å². The van der Waals surface area contributed by atoms with Crippen molar-refractivity contribution in [2.45, 2.75) is 33.1 Å². The Labute approximate surface area is 114 Å². The Kier molecular flexibility index (Phi) is 4.68. The Morgan fingerprint density at radius 3 is 2.32 bits per heavy atom. The van der Waals surface area contributed by atoms with E-state index in [4.69, 9.17) is 4.42 Å². The van der Waals surface area contributed by atoms with Crippen LogP contribution in [0, 0.1) is 0 Å². The molecule has 0 amide bonds. The second kappa shape index (κ2) is 6.48. The van der Waals surface area contributed by atoms with Gasteiger partial charge in [0, 0.05) is 11.4 Å². The Hall–Kier alpha value is -1.68. The summed E-state index contributed by atoms with van der Waals surface area (Å²) < 4.78 is 5.40. The molecule has 0 radical (unpaired) electrons. The third-order valence-corrected chi connectivity index (χ3v) is 3.21. The van der Waals surface area contributed by atoms with Crippen molar-refractivity contribution in [1.82, 2.24) is 15.3 Å². The summed E-state index contributed by atoms with van der Waals surface area (Å²) in [7, 11) is 1.97. The molecule has 0 saturated heterocycles. The first kappa shape index (κ1) is 13.7. The van der Waals surface area contributed by atoms with Crippen LogP contribution < -0.4 is 5.32 Å². The summed E-state index contributed by atoms with van der Waals surface area (Å²) in [4.78, 5) is 9.33. The maximum atomic E-state index is 5.40. The number of aryl methyl sites for hydroxylation is 2. The largest absolute Gasteiger partial charge is 0.461 e. The smallest absolute Gasteiger partial charge is 0.196 e. The number of nitrogens with one attached hydrogen (secondary N) is 1. The standard InChI is InChI=1S/C15H21N3O/c1-4-12-11(8-9-16-3)13(5-2)18-15(17-12)14-7-6-10-19-14/h6-7,10,16H,4-5,8-9H2,1-3H3. The molecule has 0 spiro atoms. The molecule has 19 heavy (non-hydrogen) atoms. The van der Waals surface area contributed by atoms with Crippen LogP contribution in [-0.2, 0) is 19.3 Å². The summed E-state index contributed by atoms with van der Waals surface area (Å²) in [6, 6.07) is 3.77. The molecular weight excluding hydrogens is 238 g/mol. The van der Waals surface area contributed by atoms with Crippen molar-refractivity contribution in [3.05, 3.63) is 35.3 Å². The van der Waals surface area contributed by atoms with Crippen molar-refractivity contribution in [3.8, 4) is 11.6 Å². The van der Waals surface area contributed by atoms with Crippen LogP contribution in [0.2, 0.25) is 0 Å². The molecule has 1 N–H and O–H groups in total. The Morgan fingerprint density at radius 1 is 1.16 bits per heavy atom. The number of likely N-dealkylation sites (N-methyl/N-ethyl adjacent to an activating group) is 1. The molecule has 2 aromatic heterocycles. The summed E-state index contributed by atoms with van der Waals surface area (Å²) in [5, 5.41) is 3.19. The van der Waals surface area contributed by atoms with E-state index in [2.05, 4.69) is 29.1 Å². The molecule has 0 aliphatic rings. The van der Waals surface area contributed by atoms with Crippen LogP contribution in [0.1, 0.15) is 30.8 Å². The third-order valence-electron chi connectivity index (χ3n) is 3.21. The zero-order chi connectivity index (χ0) is 13.7. The molecular formula is C15H21N3O. The van der Waals surface area contributed by atoms with Crippen LogP contribution in [0.5, 0.6) is 0 Å². The molecule has 0 saturated carbocycles. The van der Waals surface area contributed by atoms with Gasteiger partial charge in [0.05, 0.1) is 6.26 Å². The van der Waals surface area contributed by atoms with E-state index in [1.165, 1.54) is 5.56 Å². The highest BCUT2D eigenvalue weighted by Crippen LogP contribution is 2.21. The number of aromatic nitrogens is 2. The lowest BCUT2D eigenvalue weighted by Gasteiger charge is -2.13. The molecule has 2 rings (SSSR count). The molecule has 4 heteroatoms. The lowest BCUT2D eigenvalue weighted by atomic mass is 10.0. The highest BCUT2D eigenvalue weighted by atomic mass is 16.3. The highest BCUT2D eigenvalue weighted by Gasteiger charge is 2.14. The van der Waals surface area contributed by atoms with Gasteiger partial charge in [0.25, 0.3) is 0 Å². The summed E-state index contributed by atoms with van der Waals surface area (Å²) in [5.41, 5.74) is 3.55. The van der Waals surface area contributed by atoms with Gasteiger partial charge in [0.1, 0.15) is 0 Å². The van der Waals surface area contributed by atoms with Gasteiger partial charge in [0.2, 0.25) is 0 Å². The van der Waals surface area contributed by atoms with Crippen LogP contribution in [-0.4, -0.2) is 23.6 Å². The fourth-order valence-corrected chi connectivity index (χ4v) is 2.22. The first-order valence-electron chi connectivity index (χ1n) is 6.87. The van der Waals surface area contributed by atoms with Crippen molar-refractivity contribution >= 4 is 0 Å². The van der Waals surface area contributed by atoms with Crippen LogP contribution in [0.25, 0.3) is 11.6 Å². The predicted octanol–water partition coefficient (Wildman–Crippen LogP) is 2.62. The SMILES string of the molecule is CCc1nc(-c2ccco2)nc(CC)c1CCNC. The van der Waals surface area contributed by atoms with Gasteiger partial charge < -0.3 is 9.73 Å². The zero-order valence-electron chi connectivity index (χ0n) is 11.9. The highest BCUT2D eigenvalue weighted by molar-refractivity contribution is 5.48. The normalized spacial score (nSPS) is 10.9. The number of furan rings is 1. The summed E-state index contributed by atoms with van der Waals surface area (Å²) >= 11 is 0. The minimum atomic E-state index is 0.701. The van der Waals surface area contributed by atoms with Crippen molar-refractivity contribution < 1.29 is 4.42 Å². The summed E-state index contributed by atoms with van der Waals surface area (Å²) in [5.74, 6) is 1.44. The van der Waals surface area contributed by atoms with Crippen molar-refractivity contribution in [3.63, 3.8) is 0 Å². The predicted molar refractivity (Wildman–Crippen MR) is 76.1 cm³/mol. The Bertz CT molecular complexity index is 495. The molecule has 2 heterocycles. The Morgan fingerprint density at radius 2 is 1.84 bits per heavy atom. The summed E-state index contributed by atoms with van der Waals surface area (Å²) in [6.45, 7) is 5.22. The minimum absolute atomic E-state index is 0.701. The van der Waals surface area contributed by atoms with Gasteiger partial charge in [-0.2, -0.15) is 0 Å². The van der Waals surface area contributed by atoms with E-state index in [1.807, 2.05) is 19.2 Å². The molecule has 0 fully saturated rings. The van der Waals surface area contributed by atoms with Gasteiger partial charge in [-0.15, -0.1) is 0 Å². The van der Waals surface area contributed by atoms with E-state index in [-0.39, 0.29) is 0 Å². The van der Waals surface area contributed by atoms with Crippen molar-refractivity contribution in [2.24, 2.45) is 0 Å². The first-order valence-corrected chi connectivity index (χ1v) is 6.87. The molecule has 0 aliphatic heterocycles. The van der Waals surface area contributed by atoms with E-state index < -0.39 is 0 Å². The Balaban J connectivity index is 2.45. The monoisotopic (exact) mass is 259 g/mol. The van der Waals surface area contributed by atoms with Crippen LogP contribution in [0.4, 0.5) is 0 Å². The van der Waals surface area contributed by atoms with Crippen molar-refractivity contribution in [2.75, 3.05) is 13.6 Å². The first-order chi connectivity index (χ1) is 9.30. The molecule has 0 aliphatic carbocycles. The zero-order valence-corrected chi connectivity index (χ0v) is 11.9. The second-order valence-electron chi connectivity index (χ2n) is 4.46. The average molecular weight is 259 g/mol. The van der Waals surface area contributed by atoms with Gasteiger partial charge in [-0.3, -0.25) is 0 Å². The number of hydrogen-bond acceptors (Lipinski definition) is 4. The quantitative estimate of drug-likeness (QED) is 0.866. The molecule has 2 aromatic rings. The minimum Gasteiger partial charge on any atom is -0.461 e. The second-order valence-corrected chi connectivity index (χ2v) is 4.46. The third kappa shape index (κ3) is 3.01. The van der Waals surface area contributed by atoms with E-state index in [9.17, 15) is 0 Å². The topological polar surface area (TPSA) is 51.0 Å². The number of hydrogen-bond donors (Lipinski definition) is 1. The average Bonchev–Trinajstić information content (AvgIpc) is 2.98. The molecule has 0 bridgehead atoms. The van der Waals surface area contributed by atoms with E-state index in [0.29, 0.717) is 5.82 Å². The molecule has 102 valence electrons. The molecule has 0 unspecified atom stereocenters. The van der Waals surface area contributed by atoms with E-state index in [1.54, 1.807) is 6.26 Å². The number of nitrogens with zero attached hydrogens (tertiary/aromatic N) is 2. The fraction of sp³-hybridized carbons (Fsp3) is 0.467. The van der Waals surface area contributed by atoms with E-state index >= 15 is 0 Å². The molecule has 0 aromatic carbocycles. The lowest BCUT2D eigenvalue weighted by Crippen LogP contribution is -2.15. The molecule has 4 nitrogen and oxygen atoms in total. The lowest BCUT2D eigenvalue weighted by molar-refractivity contribution is 0.575. The molecule has 0 atom stereocenters. The number of rotatable bonds is 6. The summed E-state index contributed by atoms with van der Waals surface area (Å²) in [6.07, 6.45) is 4.47. The van der Waals surface area contributed by atoms with Crippen LogP contribution in [0.15, 0.2) is 22.8 Å². The fourth-order valence-electron chi connectivity index (χ4n) is 2.22. The van der Waals surface area contributed by atoms with Gasteiger partial charge in [-0.25, -0.2) is 9.97 Å².